The summed E-state index contributed by atoms with van der Waals surface area (Å²) in [7, 11) is 0. The van der Waals surface area contributed by atoms with Gasteiger partial charge in [0, 0.05) is 43.6 Å². The standard InChI is InChI=1S/C36H54O9/c1-19(32(41)42)11-12-27(43-21(3)37)20(2)25-17-30(45-23(5)39)36(10)31-24(13-16-35(25,36)9)34(8)15-14-29(44-22(4)38)33(6,7)28(34)18-26(31)40/h11,20,25-30,40H,12-18H2,1-10H3,(H,41,42)/b19-11+/t20-,25-,26-,27+,28+,29+,30+,34-,35-,36+/m1/s1. The van der Waals surface area contributed by atoms with Gasteiger partial charge in [-0.2, -0.15) is 0 Å². The van der Waals surface area contributed by atoms with Crippen LogP contribution in [-0.4, -0.2) is 58.5 Å². The van der Waals surface area contributed by atoms with Crippen molar-refractivity contribution in [1.29, 1.82) is 0 Å². The maximum atomic E-state index is 12.6. The van der Waals surface area contributed by atoms with E-state index < -0.39 is 41.1 Å². The van der Waals surface area contributed by atoms with E-state index in [2.05, 4.69) is 34.6 Å². The third-order valence-electron chi connectivity index (χ3n) is 12.9. The summed E-state index contributed by atoms with van der Waals surface area (Å²) in [4.78, 5) is 48.3. The van der Waals surface area contributed by atoms with Crippen molar-refractivity contribution in [2.24, 2.45) is 39.4 Å². The highest BCUT2D eigenvalue weighted by Gasteiger charge is 2.69. The summed E-state index contributed by atoms with van der Waals surface area (Å²) in [5.41, 5.74) is 0.772. The van der Waals surface area contributed by atoms with E-state index in [0.717, 1.165) is 31.3 Å². The third kappa shape index (κ3) is 5.76. The zero-order valence-electron chi connectivity index (χ0n) is 28.8. The van der Waals surface area contributed by atoms with Crippen LogP contribution in [0.15, 0.2) is 22.8 Å². The van der Waals surface area contributed by atoms with Crippen molar-refractivity contribution in [1.82, 2.24) is 0 Å². The van der Waals surface area contributed by atoms with E-state index in [1.165, 1.54) is 33.3 Å². The zero-order valence-corrected chi connectivity index (χ0v) is 28.8. The van der Waals surface area contributed by atoms with Crippen LogP contribution in [0.25, 0.3) is 0 Å². The van der Waals surface area contributed by atoms with Gasteiger partial charge in [0.25, 0.3) is 0 Å². The molecule has 2 N–H and O–H groups in total. The van der Waals surface area contributed by atoms with E-state index in [1.807, 2.05) is 6.92 Å². The summed E-state index contributed by atoms with van der Waals surface area (Å²) in [6.45, 7) is 18.8. The molecule has 9 nitrogen and oxygen atoms in total. The van der Waals surface area contributed by atoms with Crippen molar-refractivity contribution in [3.8, 4) is 0 Å². The Morgan fingerprint density at radius 1 is 0.911 bits per heavy atom. The average molecular weight is 631 g/mol. The van der Waals surface area contributed by atoms with Crippen LogP contribution >= 0.6 is 0 Å². The third-order valence-corrected chi connectivity index (χ3v) is 12.9. The number of fused-ring (bicyclic) bond motifs is 4. The monoisotopic (exact) mass is 630 g/mol. The van der Waals surface area contributed by atoms with Crippen LogP contribution in [0.5, 0.6) is 0 Å². The minimum atomic E-state index is -1.02. The van der Waals surface area contributed by atoms with Crippen molar-refractivity contribution in [3.63, 3.8) is 0 Å². The molecule has 2 fully saturated rings. The summed E-state index contributed by atoms with van der Waals surface area (Å²) in [5, 5.41) is 21.6. The number of carbonyl (C=O) groups is 4. The summed E-state index contributed by atoms with van der Waals surface area (Å²) in [5.74, 6) is -2.25. The number of ether oxygens (including phenoxy) is 3. The summed E-state index contributed by atoms with van der Waals surface area (Å²) in [6, 6.07) is 0. The van der Waals surface area contributed by atoms with Gasteiger partial charge in [-0.25, -0.2) is 4.79 Å². The van der Waals surface area contributed by atoms with E-state index >= 15 is 0 Å². The first-order valence-corrected chi connectivity index (χ1v) is 16.6. The minimum absolute atomic E-state index is 0.0438. The maximum absolute atomic E-state index is 12.6. The molecule has 252 valence electrons. The quantitative estimate of drug-likeness (QED) is 0.140. The summed E-state index contributed by atoms with van der Waals surface area (Å²) in [6.07, 6.45) is 4.04. The number of hydrogen-bond acceptors (Lipinski definition) is 8. The smallest absolute Gasteiger partial charge is 0.330 e. The van der Waals surface area contributed by atoms with Crippen molar-refractivity contribution in [2.45, 2.75) is 139 Å². The van der Waals surface area contributed by atoms with Gasteiger partial charge in [0.1, 0.15) is 18.3 Å². The highest BCUT2D eigenvalue weighted by atomic mass is 16.6. The van der Waals surface area contributed by atoms with Crippen molar-refractivity contribution >= 4 is 23.9 Å². The fourth-order valence-electron chi connectivity index (χ4n) is 10.5. The van der Waals surface area contributed by atoms with E-state index in [4.69, 9.17) is 14.2 Å². The Kier molecular flexibility index (Phi) is 9.51. The van der Waals surface area contributed by atoms with Crippen LogP contribution in [-0.2, 0) is 33.4 Å². The van der Waals surface area contributed by atoms with Crippen LogP contribution in [0.1, 0.15) is 114 Å². The molecule has 2 saturated carbocycles. The van der Waals surface area contributed by atoms with Gasteiger partial charge in [-0.05, 0) is 79.6 Å². The highest BCUT2D eigenvalue weighted by Crippen LogP contribution is 2.73. The molecule has 4 aliphatic carbocycles. The first-order valence-electron chi connectivity index (χ1n) is 16.6. The van der Waals surface area contributed by atoms with Crippen LogP contribution < -0.4 is 0 Å². The molecule has 9 heteroatoms. The molecule has 0 aromatic rings. The summed E-state index contributed by atoms with van der Waals surface area (Å²) < 4.78 is 17.8. The lowest BCUT2D eigenvalue weighted by Gasteiger charge is -2.63. The average Bonchev–Trinajstić information content (AvgIpc) is 3.15. The van der Waals surface area contributed by atoms with E-state index in [0.29, 0.717) is 12.8 Å². The maximum Gasteiger partial charge on any atom is 0.330 e. The first kappa shape index (κ1) is 35.2. The fourth-order valence-corrected chi connectivity index (χ4v) is 10.5. The Bertz CT molecular complexity index is 1290. The van der Waals surface area contributed by atoms with E-state index in [-0.39, 0.29) is 58.6 Å². The molecule has 0 saturated heterocycles. The molecular weight excluding hydrogens is 576 g/mol. The molecule has 0 heterocycles. The Morgan fingerprint density at radius 3 is 2.07 bits per heavy atom. The molecule has 0 aromatic heterocycles. The number of hydrogen-bond donors (Lipinski definition) is 2. The first-order chi connectivity index (χ1) is 20.7. The Balaban J connectivity index is 1.81. The fraction of sp³-hybridized carbons (Fsp3) is 0.778. The van der Waals surface area contributed by atoms with Crippen LogP contribution in [0, 0.1) is 39.4 Å². The predicted octanol–water partition coefficient (Wildman–Crippen LogP) is 6.17. The number of esters is 3. The number of aliphatic hydroxyl groups excluding tert-OH is 1. The zero-order chi connectivity index (χ0) is 33.9. The van der Waals surface area contributed by atoms with Gasteiger partial charge in [0.2, 0.25) is 0 Å². The second-order valence-electron chi connectivity index (χ2n) is 15.6. The van der Waals surface area contributed by atoms with Gasteiger partial charge >= 0.3 is 23.9 Å². The molecule has 0 aliphatic heterocycles. The molecular formula is C36H54O9. The Labute approximate surface area is 268 Å². The second-order valence-corrected chi connectivity index (χ2v) is 15.6. The number of carbonyl (C=O) groups excluding carboxylic acids is 3. The Morgan fingerprint density at radius 2 is 1.51 bits per heavy atom. The minimum Gasteiger partial charge on any atom is -0.478 e. The second kappa shape index (κ2) is 12.2. The van der Waals surface area contributed by atoms with Gasteiger partial charge < -0.3 is 24.4 Å². The largest absolute Gasteiger partial charge is 0.478 e. The van der Waals surface area contributed by atoms with Crippen LogP contribution in [0.4, 0.5) is 0 Å². The lowest BCUT2D eigenvalue weighted by molar-refractivity contribution is -0.171. The lowest BCUT2D eigenvalue weighted by Crippen LogP contribution is -2.60. The number of carboxylic acid groups (broad SMARTS) is 1. The number of allylic oxidation sites excluding steroid dienone is 1. The number of aliphatic hydroxyl groups is 1. The SMILES string of the molecule is CC(=O)O[C@@H](C/C=C(\C)C(=O)O)[C@H](C)[C@H]1C[C@H](OC(C)=O)[C@@]2(C)C3=C(CC[C@]12C)[C@@]1(C)CC[C@H](OC(C)=O)C(C)(C)[C@@H]1C[C@H]3O. The molecule has 4 aliphatic rings. The summed E-state index contributed by atoms with van der Waals surface area (Å²) >= 11 is 0. The molecule has 0 aromatic carbocycles. The molecule has 0 radical (unpaired) electrons. The van der Waals surface area contributed by atoms with Crippen LogP contribution in [0.2, 0.25) is 0 Å². The highest BCUT2D eigenvalue weighted by molar-refractivity contribution is 5.85. The van der Waals surface area contributed by atoms with Gasteiger partial charge in [0.15, 0.2) is 0 Å². The van der Waals surface area contributed by atoms with Crippen molar-refractivity contribution < 1.29 is 43.6 Å². The number of aliphatic carboxylic acids is 1. The predicted molar refractivity (Wildman–Crippen MR) is 168 cm³/mol. The van der Waals surface area contributed by atoms with E-state index in [9.17, 15) is 29.4 Å². The molecule has 0 unspecified atom stereocenters. The van der Waals surface area contributed by atoms with Gasteiger partial charge in [-0.15, -0.1) is 0 Å². The molecule has 0 spiro atoms. The topological polar surface area (TPSA) is 136 Å². The van der Waals surface area contributed by atoms with Gasteiger partial charge in [-0.3, -0.25) is 14.4 Å². The van der Waals surface area contributed by atoms with Gasteiger partial charge in [-0.1, -0.05) is 53.2 Å². The van der Waals surface area contributed by atoms with E-state index in [1.54, 1.807) is 6.08 Å². The molecule has 10 atom stereocenters. The van der Waals surface area contributed by atoms with Gasteiger partial charge in [0.05, 0.1) is 6.10 Å². The number of rotatable bonds is 8. The van der Waals surface area contributed by atoms with Crippen molar-refractivity contribution in [2.75, 3.05) is 0 Å². The van der Waals surface area contributed by atoms with Crippen molar-refractivity contribution in [3.05, 3.63) is 22.8 Å². The van der Waals surface area contributed by atoms with Crippen LogP contribution in [0.3, 0.4) is 0 Å². The molecule has 0 amide bonds. The lowest BCUT2D eigenvalue weighted by atomic mass is 9.42. The molecule has 4 rings (SSSR count). The Hall–Kier alpha value is -2.68. The number of carboxylic acids is 1. The molecule has 45 heavy (non-hydrogen) atoms. The normalized spacial score (nSPS) is 38.6. The molecule has 0 bridgehead atoms.